The van der Waals surface area contributed by atoms with Gasteiger partial charge in [0.25, 0.3) is 0 Å². The molecule has 0 fully saturated rings. The van der Waals surface area contributed by atoms with E-state index in [1.165, 1.54) is 4.90 Å². The first-order valence-electron chi connectivity index (χ1n) is 9.95. The molecular formula is C23H33IN4O3. The molecule has 0 aliphatic carbocycles. The molecule has 0 aliphatic heterocycles. The fourth-order valence-electron chi connectivity index (χ4n) is 2.83. The van der Waals surface area contributed by atoms with Crippen LogP contribution in [0.3, 0.4) is 0 Å². The lowest BCUT2D eigenvalue weighted by atomic mass is 10.1. The van der Waals surface area contributed by atoms with Gasteiger partial charge in [-0.25, -0.2) is 4.99 Å². The fraction of sp³-hybridized carbons (Fsp3) is 0.391. The largest absolute Gasteiger partial charge is 0.493 e. The van der Waals surface area contributed by atoms with E-state index in [1.54, 1.807) is 28.3 Å². The van der Waals surface area contributed by atoms with Crippen LogP contribution in [0.15, 0.2) is 53.5 Å². The zero-order chi connectivity index (χ0) is 21.9. The third-order valence-corrected chi connectivity index (χ3v) is 4.68. The highest BCUT2D eigenvalue weighted by Crippen LogP contribution is 2.27. The highest BCUT2D eigenvalue weighted by Gasteiger charge is 2.10. The number of amides is 1. The Hall–Kier alpha value is -2.49. The van der Waals surface area contributed by atoms with Crippen molar-refractivity contribution in [3.8, 4) is 11.5 Å². The first-order chi connectivity index (χ1) is 14.4. The quantitative estimate of drug-likeness (QED) is 0.290. The van der Waals surface area contributed by atoms with E-state index in [2.05, 4.69) is 34.7 Å². The average Bonchev–Trinajstić information content (AvgIpc) is 2.77. The lowest BCUT2D eigenvalue weighted by Gasteiger charge is -2.19. The molecule has 0 aliphatic rings. The molecule has 31 heavy (non-hydrogen) atoms. The maximum Gasteiger partial charge on any atom is 0.243 e. The Balaban J connectivity index is 0.00000480. The number of halogens is 1. The normalized spacial score (nSPS) is 11.7. The molecule has 8 heteroatoms. The summed E-state index contributed by atoms with van der Waals surface area (Å²) in [7, 11) is 6.70. The summed E-state index contributed by atoms with van der Waals surface area (Å²) < 4.78 is 10.7. The molecule has 0 spiro atoms. The van der Waals surface area contributed by atoms with Crippen LogP contribution < -0.4 is 20.1 Å². The maximum absolute atomic E-state index is 12.0. The van der Waals surface area contributed by atoms with Crippen molar-refractivity contribution in [1.82, 2.24) is 15.5 Å². The van der Waals surface area contributed by atoms with Crippen molar-refractivity contribution in [1.29, 1.82) is 0 Å². The van der Waals surface area contributed by atoms with Gasteiger partial charge < -0.3 is 25.0 Å². The summed E-state index contributed by atoms with van der Waals surface area (Å²) in [5, 5.41) is 6.70. The van der Waals surface area contributed by atoms with Crippen molar-refractivity contribution < 1.29 is 14.3 Å². The van der Waals surface area contributed by atoms with Gasteiger partial charge in [-0.05, 0) is 36.6 Å². The minimum Gasteiger partial charge on any atom is -0.493 e. The molecule has 2 N–H and O–H groups in total. The van der Waals surface area contributed by atoms with Crippen molar-refractivity contribution in [3.05, 3.63) is 59.7 Å². The van der Waals surface area contributed by atoms with Gasteiger partial charge in [0.15, 0.2) is 17.5 Å². The number of benzene rings is 2. The number of hydrogen-bond acceptors (Lipinski definition) is 4. The van der Waals surface area contributed by atoms with E-state index in [-0.39, 0.29) is 42.5 Å². The SMILES string of the molecule is COc1ccc(CCNC(=NCC(=O)N(C)C)NC(C)c2ccccc2)cc1OC.I. The predicted molar refractivity (Wildman–Crippen MR) is 136 cm³/mol. The number of hydrogen-bond donors (Lipinski definition) is 2. The smallest absolute Gasteiger partial charge is 0.243 e. The van der Waals surface area contributed by atoms with Crippen LogP contribution in [-0.4, -0.2) is 58.2 Å². The number of rotatable bonds is 9. The summed E-state index contributed by atoms with van der Waals surface area (Å²) in [6.07, 6.45) is 0.766. The summed E-state index contributed by atoms with van der Waals surface area (Å²) in [4.78, 5) is 18.0. The van der Waals surface area contributed by atoms with Crippen molar-refractivity contribution in [2.24, 2.45) is 4.99 Å². The van der Waals surface area contributed by atoms with Gasteiger partial charge in [-0.15, -0.1) is 24.0 Å². The van der Waals surface area contributed by atoms with E-state index in [1.807, 2.05) is 36.4 Å². The molecule has 2 aromatic carbocycles. The predicted octanol–water partition coefficient (Wildman–Crippen LogP) is 3.25. The lowest BCUT2D eigenvalue weighted by molar-refractivity contribution is -0.127. The van der Waals surface area contributed by atoms with Crippen molar-refractivity contribution in [2.75, 3.05) is 41.4 Å². The second kappa shape index (κ2) is 13.7. The minimum atomic E-state index is -0.0524. The Bertz CT molecular complexity index is 844. The topological polar surface area (TPSA) is 75.2 Å². The number of nitrogens with one attached hydrogen (secondary N) is 2. The van der Waals surface area contributed by atoms with E-state index < -0.39 is 0 Å². The van der Waals surface area contributed by atoms with Crippen LogP contribution in [-0.2, 0) is 11.2 Å². The van der Waals surface area contributed by atoms with Crippen LogP contribution in [0, 0.1) is 0 Å². The summed E-state index contributed by atoms with van der Waals surface area (Å²) in [6.45, 7) is 2.80. The van der Waals surface area contributed by atoms with E-state index in [0.717, 1.165) is 17.5 Å². The third kappa shape index (κ3) is 8.64. The van der Waals surface area contributed by atoms with Crippen LogP contribution >= 0.6 is 24.0 Å². The van der Waals surface area contributed by atoms with E-state index in [0.29, 0.717) is 24.0 Å². The van der Waals surface area contributed by atoms with Crippen molar-refractivity contribution in [2.45, 2.75) is 19.4 Å². The second-order valence-electron chi connectivity index (χ2n) is 7.10. The number of aliphatic imine (C=N–C) groups is 1. The van der Waals surface area contributed by atoms with Gasteiger partial charge in [-0.2, -0.15) is 0 Å². The van der Waals surface area contributed by atoms with Gasteiger partial charge in [0.05, 0.1) is 20.3 Å². The molecule has 2 rings (SSSR count). The number of guanidine groups is 1. The minimum absolute atomic E-state index is 0. The summed E-state index contributed by atoms with van der Waals surface area (Å²) >= 11 is 0. The molecule has 0 heterocycles. The number of carbonyl (C=O) groups excluding carboxylic acids is 1. The molecule has 1 amide bonds. The first-order valence-corrected chi connectivity index (χ1v) is 9.95. The Kier molecular flexibility index (Phi) is 11.8. The Morgan fingerprint density at radius 3 is 2.35 bits per heavy atom. The summed E-state index contributed by atoms with van der Waals surface area (Å²) in [6, 6.07) is 16.0. The standard InChI is InChI=1S/C23H32N4O3.HI/c1-17(19-9-7-6-8-10-19)26-23(25-16-22(28)27(2)3)24-14-13-18-11-12-20(29-4)21(15-18)30-5;/h6-12,15,17H,13-14,16H2,1-5H3,(H2,24,25,26);1H. The molecule has 0 bridgehead atoms. The molecule has 1 atom stereocenters. The molecule has 1 unspecified atom stereocenters. The molecule has 0 saturated carbocycles. The van der Waals surface area contributed by atoms with Crippen LogP contribution in [0.5, 0.6) is 11.5 Å². The molecule has 0 saturated heterocycles. The molecule has 170 valence electrons. The van der Waals surface area contributed by atoms with Gasteiger partial charge >= 0.3 is 0 Å². The maximum atomic E-state index is 12.0. The van der Waals surface area contributed by atoms with Crippen molar-refractivity contribution >= 4 is 35.8 Å². The Morgan fingerprint density at radius 2 is 1.74 bits per heavy atom. The fourth-order valence-corrected chi connectivity index (χ4v) is 2.83. The average molecular weight is 540 g/mol. The Labute approximate surface area is 202 Å². The van der Waals surface area contributed by atoms with E-state index in [4.69, 9.17) is 9.47 Å². The third-order valence-electron chi connectivity index (χ3n) is 4.68. The van der Waals surface area contributed by atoms with Crippen molar-refractivity contribution in [3.63, 3.8) is 0 Å². The number of carbonyl (C=O) groups is 1. The second-order valence-corrected chi connectivity index (χ2v) is 7.10. The van der Waals surface area contributed by atoms with Crippen LogP contribution in [0.1, 0.15) is 24.1 Å². The van der Waals surface area contributed by atoms with Crippen LogP contribution in [0.25, 0.3) is 0 Å². The highest BCUT2D eigenvalue weighted by atomic mass is 127. The number of nitrogens with zero attached hydrogens (tertiary/aromatic N) is 2. The van der Waals surface area contributed by atoms with E-state index in [9.17, 15) is 4.79 Å². The number of ether oxygens (including phenoxy) is 2. The number of methoxy groups -OCH3 is 2. The Morgan fingerprint density at radius 1 is 1.06 bits per heavy atom. The number of likely N-dealkylation sites (N-methyl/N-ethyl adjacent to an activating group) is 1. The van der Waals surface area contributed by atoms with Gasteiger partial charge in [0.2, 0.25) is 5.91 Å². The molecule has 0 aromatic heterocycles. The van der Waals surface area contributed by atoms with Gasteiger partial charge in [-0.3, -0.25) is 4.79 Å². The summed E-state index contributed by atoms with van der Waals surface area (Å²) in [5.74, 6) is 1.96. The monoisotopic (exact) mass is 540 g/mol. The van der Waals surface area contributed by atoms with Gasteiger partial charge in [0, 0.05) is 20.6 Å². The lowest BCUT2D eigenvalue weighted by Crippen LogP contribution is -2.40. The van der Waals surface area contributed by atoms with E-state index >= 15 is 0 Å². The van der Waals surface area contributed by atoms with Gasteiger partial charge in [0.1, 0.15) is 6.54 Å². The zero-order valence-corrected chi connectivity index (χ0v) is 21.2. The zero-order valence-electron chi connectivity index (χ0n) is 18.8. The van der Waals surface area contributed by atoms with Gasteiger partial charge in [-0.1, -0.05) is 36.4 Å². The molecule has 0 radical (unpaired) electrons. The molecule has 7 nitrogen and oxygen atoms in total. The highest BCUT2D eigenvalue weighted by molar-refractivity contribution is 14.0. The van der Waals surface area contributed by atoms with Crippen LogP contribution in [0.2, 0.25) is 0 Å². The summed E-state index contributed by atoms with van der Waals surface area (Å²) in [5.41, 5.74) is 2.26. The molecule has 2 aromatic rings. The van der Waals surface area contributed by atoms with Crippen LogP contribution in [0.4, 0.5) is 0 Å². The molecular weight excluding hydrogens is 507 g/mol. The first kappa shape index (κ1) is 26.5.